The zero-order chi connectivity index (χ0) is 11.7. The van der Waals surface area contributed by atoms with Crippen molar-refractivity contribution in [3.63, 3.8) is 0 Å². The average Bonchev–Trinajstić information content (AvgIpc) is 2.20. The predicted molar refractivity (Wildman–Crippen MR) is 62.8 cm³/mol. The van der Waals surface area contributed by atoms with E-state index in [1.807, 2.05) is 38.1 Å². The molecule has 0 spiro atoms. The van der Waals surface area contributed by atoms with Gasteiger partial charge in [-0.1, -0.05) is 31.0 Å². The lowest BCUT2D eigenvalue weighted by Gasteiger charge is -1.90. The fraction of sp³-hybridized carbons (Fsp3) is 0.417. The second-order valence-corrected chi connectivity index (χ2v) is 3.41. The van der Waals surface area contributed by atoms with E-state index >= 15 is 0 Å². The van der Waals surface area contributed by atoms with Crippen LogP contribution in [0.4, 0.5) is 5.69 Å². The Balaban J connectivity index is 0.000000265. The highest BCUT2D eigenvalue weighted by molar-refractivity contribution is 5.66. The number of nitrogen functional groups attached to an aromatic ring is 1. The molecule has 0 atom stereocenters. The number of anilines is 1. The molecule has 3 nitrogen and oxygen atoms in total. The minimum atomic E-state index is -0.693. The lowest BCUT2D eigenvalue weighted by atomic mass is 10.2. The van der Waals surface area contributed by atoms with Crippen LogP contribution in [-0.4, -0.2) is 11.1 Å². The van der Waals surface area contributed by atoms with E-state index in [1.165, 1.54) is 5.56 Å². The molecule has 0 saturated carbocycles. The molecule has 1 rings (SSSR count). The lowest BCUT2D eigenvalue weighted by molar-refractivity contribution is -0.137. The fourth-order valence-corrected chi connectivity index (χ4v) is 0.894. The number of unbranched alkanes of at least 4 members (excludes halogenated alkanes) is 1. The number of benzene rings is 1. The highest BCUT2D eigenvalue weighted by Crippen LogP contribution is 2.02. The lowest BCUT2D eigenvalue weighted by Crippen LogP contribution is -1.91. The molecule has 0 radical (unpaired) electrons. The first-order chi connectivity index (χ1) is 7.06. The monoisotopic (exact) mass is 209 g/mol. The number of rotatable bonds is 3. The van der Waals surface area contributed by atoms with E-state index in [9.17, 15) is 4.79 Å². The Kier molecular flexibility index (Phi) is 7.06. The van der Waals surface area contributed by atoms with Gasteiger partial charge in [-0.05, 0) is 25.5 Å². The normalized spacial score (nSPS) is 8.93. The standard InChI is InChI=1S/C7H9N.C5H10O2/c1-6-2-4-7(8)5-3-6;1-2-3-4-5(6)7/h2-5H,8H2,1H3;2-4H2,1H3,(H,6,7). The van der Waals surface area contributed by atoms with Gasteiger partial charge in [-0.25, -0.2) is 0 Å². The number of aliphatic carboxylic acids is 1. The van der Waals surface area contributed by atoms with Gasteiger partial charge in [0.05, 0.1) is 0 Å². The maximum Gasteiger partial charge on any atom is 0.303 e. The molecule has 3 heteroatoms. The number of aryl methyl sites for hydroxylation is 1. The van der Waals surface area contributed by atoms with Gasteiger partial charge in [0, 0.05) is 12.1 Å². The Hall–Kier alpha value is -1.51. The van der Waals surface area contributed by atoms with Gasteiger partial charge >= 0.3 is 5.97 Å². The van der Waals surface area contributed by atoms with E-state index in [0.29, 0.717) is 6.42 Å². The Labute approximate surface area is 90.9 Å². The molecule has 0 aliphatic heterocycles. The third-order valence-electron chi connectivity index (χ3n) is 1.82. The minimum absolute atomic E-state index is 0.316. The third kappa shape index (κ3) is 8.81. The average molecular weight is 209 g/mol. The summed E-state index contributed by atoms with van der Waals surface area (Å²) < 4.78 is 0. The van der Waals surface area contributed by atoms with E-state index in [-0.39, 0.29) is 0 Å². The molecule has 84 valence electrons. The number of carboxylic acid groups (broad SMARTS) is 1. The van der Waals surface area contributed by atoms with Crippen LogP contribution in [-0.2, 0) is 4.79 Å². The molecule has 0 aliphatic rings. The summed E-state index contributed by atoms with van der Waals surface area (Å²) in [6, 6.07) is 7.79. The summed E-state index contributed by atoms with van der Waals surface area (Å²) in [7, 11) is 0. The van der Waals surface area contributed by atoms with E-state index in [0.717, 1.165) is 18.5 Å². The second kappa shape index (κ2) is 7.85. The van der Waals surface area contributed by atoms with Gasteiger partial charge in [-0.15, -0.1) is 0 Å². The van der Waals surface area contributed by atoms with E-state index in [4.69, 9.17) is 10.8 Å². The van der Waals surface area contributed by atoms with E-state index in [2.05, 4.69) is 0 Å². The van der Waals surface area contributed by atoms with Crippen molar-refractivity contribution >= 4 is 11.7 Å². The van der Waals surface area contributed by atoms with Gasteiger partial charge in [0.2, 0.25) is 0 Å². The molecule has 3 N–H and O–H groups in total. The maximum absolute atomic E-state index is 9.76. The quantitative estimate of drug-likeness (QED) is 0.752. The van der Waals surface area contributed by atoms with Crippen molar-refractivity contribution in [2.45, 2.75) is 33.1 Å². The van der Waals surface area contributed by atoms with Crippen molar-refractivity contribution in [2.24, 2.45) is 0 Å². The summed E-state index contributed by atoms with van der Waals surface area (Å²) in [5, 5.41) is 8.04. The molecular weight excluding hydrogens is 190 g/mol. The van der Waals surface area contributed by atoms with Crippen LogP contribution in [0.1, 0.15) is 31.7 Å². The molecule has 1 aromatic carbocycles. The van der Waals surface area contributed by atoms with Crippen LogP contribution < -0.4 is 5.73 Å². The van der Waals surface area contributed by atoms with Gasteiger partial charge in [0.15, 0.2) is 0 Å². The zero-order valence-electron chi connectivity index (χ0n) is 9.36. The van der Waals surface area contributed by atoms with Crippen molar-refractivity contribution in [1.82, 2.24) is 0 Å². The van der Waals surface area contributed by atoms with Crippen LogP contribution >= 0.6 is 0 Å². The van der Waals surface area contributed by atoms with Crippen LogP contribution in [0.5, 0.6) is 0 Å². The summed E-state index contributed by atoms with van der Waals surface area (Å²) in [5.74, 6) is -0.693. The van der Waals surface area contributed by atoms with Gasteiger partial charge in [-0.2, -0.15) is 0 Å². The van der Waals surface area contributed by atoms with Crippen LogP contribution in [0.3, 0.4) is 0 Å². The first-order valence-corrected chi connectivity index (χ1v) is 5.10. The molecule has 15 heavy (non-hydrogen) atoms. The molecule has 0 aliphatic carbocycles. The largest absolute Gasteiger partial charge is 0.481 e. The van der Waals surface area contributed by atoms with Gasteiger partial charge < -0.3 is 10.8 Å². The molecule has 0 bridgehead atoms. The van der Waals surface area contributed by atoms with Gasteiger partial charge in [-0.3, -0.25) is 4.79 Å². The summed E-state index contributed by atoms with van der Waals surface area (Å²) in [6.07, 6.45) is 2.08. The molecule has 0 heterocycles. The van der Waals surface area contributed by atoms with Crippen LogP contribution in [0, 0.1) is 6.92 Å². The summed E-state index contributed by atoms with van der Waals surface area (Å²) in [4.78, 5) is 9.76. The summed E-state index contributed by atoms with van der Waals surface area (Å²) in [5.41, 5.74) is 7.51. The van der Waals surface area contributed by atoms with Crippen molar-refractivity contribution < 1.29 is 9.90 Å². The van der Waals surface area contributed by atoms with Gasteiger partial charge in [0.1, 0.15) is 0 Å². The highest BCUT2D eigenvalue weighted by atomic mass is 16.4. The van der Waals surface area contributed by atoms with Crippen LogP contribution in [0.2, 0.25) is 0 Å². The topological polar surface area (TPSA) is 63.3 Å². The summed E-state index contributed by atoms with van der Waals surface area (Å²) >= 11 is 0. The van der Waals surface area contributed by atoms with Crippen LogP contribution in [0.25, 0.3) is 0 Å². The first-order valence-electron chi connectivity index (χ1n) is 5.10. The Morgan fingerprint density at radius 3 is 2.13 bits per heavy atom. The number of nitrogens with two attached hydrogens (primary N) is 1. The third-order valence-corrected chi connectivity index (χ3v) is 1.82. The molecule has 0 amide bonds. The number of hydrogen-bond donors (Lipinski definition) is 2. The minimum Gasteiger partial charge on any atom is -0.481 e. The number of carbonyl (C=O) groups is 1. The molecule has 0 saturated heterocycles. The molecule has 0 unspecified atom stereocenters. The smallest absolute Gasteiger partial charge is 0.303 e. The summed E-state index contributed by atoms with van der Waals surface area (Å²) in [6.45, 7) is 4.02. The Morgan fingerprint density at radius 2 is 1.87 bits per heavy atom. The van der Waals surface area contributed by atoms with Gasteiger partial charge in [0.25, 0.3) is 0 Å². The molecule has 1 aromatic rings. The van der Waals surface area contributed by atoms with Crippen molar-refractivity contribution in [3.05, 3.63) is 29.8 Å². The maximum atomic E-state index is 9.76. The van der Waals surface area contributed by atoms with E-state index < -0.39 is 5.97 Å². The van der Waals surface area contributed by atoms with Crippen molar-refractivity contribution in [1.29, 1.82) is 0 Å². The molecule has 0 fully saturated rings. The highest BCUT2D eigenvalue weighted by Gasteiger charge is 1.90. The van der Waals surface area contributed by atoms with Crippen LogP contribution in [0.15, 0.2) is 24.3 Å². The SMILES string of the molecule is CCCCC(=O)O.Cc1ccc(N)cc1. The Morgan fingerprint density at radius 1 is 1.33 bits per heavy atom. The first kappa shape index (κ1) is 13.5. The zero-order valence-corrected chi connectivity index (χ0v) is 9.36. The predicted octanol–water partition coefficient (Wildman–Crippen LogP) is 2.84. The van der Waals surface area contributed by atoms with E-state index in [1.54, 1.807) is 0 Å². The Bertz CT molecular complexity index is 259. The number of hydrogen-bond acceptors (Lipinski definition) is 2. The van der Waals surface area contributed by atoms with Crippen molar-refractivity contribution in [2.75, 3.05) is 5.73 Å². The fourth-order valence-electron chi connectivity index (χ4n) is 0.894. The van der Waals surface area contributed by atoms with Crippen molar-refractivity contribution in [3.8, 4) is 0 Å². The molecule has 0 aromatic heterocycles. The molecular formula is C12H19NO2. The number of carboxylic acids is 1. The second-order valence-electron chi connectivity index (χ2n) is 3.41.